The first-order valence-corrected chi connectivity index (χ1v) is 16.9. The number of rotatable bonds is 11. The molecule has 6 heteroatoms. The lowest BCUT2D eigenvalue weighted by Crippen LogP contribution is -2.66. The Morgan fingerprint density at radius 3 is 1.93 bits per heavy atom. The molecular formula is C36H39BrO4Si. The summed E-state index contributed by atoms with van der Waals surface area (Å²) in [4.78, 5) is 0. The highest BCUT2D eigenvalue weighted by atomic mass is 79.9. The zero-order valence-electron chi connectivity index (χ0n) is 24.4. The van der Waals surface area contributed by atoms with Gasteiger partial charge in [-0.1, -0.05) is 128 Å². The Balaban J connectivity index is 1.71. The fraction of sp³-hybridized carbons (Fsp3) is 0.250. The van der Waals surface area contributed by atoms with Crippen molar-refractivity contribution < 1.29 is 19.7 Å². The van der Waals surface area contributed by atoms with E-state index in [2.05, 4.69) is 91.0 Å². The smallest absolute Gasteiger partial charge is 0.261 e. The predicted octanol–water partition coefficient (Wildman–Crippen LogP) is 7.36. The van der Waals surface area contributed by atoms with E-state index in [9.17, 15) is 15.3 Å². The van der Waals surface area contributed by atoms with E-state index < -0.39 is 20.5 Å². The molecule has 0 amide bonds. The summed E-state index contributed by atoms with van der Waals surface area (Å²) in [5, 5.41) is 34.4. The topological polar surface area (TPSA) is 69.9 Å². The lowest BCUT2D eigenvalue weighted by Gasteiger charge is -2.43. The fourth-order valence-corrected chi connectivity index (χ4v) is 10.3. The van der Waals surface area contributed by atoms with Crippen molar-refractivity contribution in [2.45, 2.75) is 50.9 Å². The summed E-state index contributed by atoms with van der Waals surface area (Å²) in [6.07, 6.45) is 0.703. The van der Waals surface area contributed by atoms with Crippen molar-refractivity contribution in [3.63, 3.8) is 0 Å². The van der Waals surface area contributed by atoms with Crippen LogP contribution in [-0.2, 0) is 4.43 Å². The Bertz CT molecular complexity index is 1450. The minimum absolute atomic E-state index is 0.0396. The van der Waals surface area contributed by atoms with Crippen LogP contribution in [0.15, 0.2) is 131 Å². The van der Waals surface area contributed by atoms with E-state index in [1.807, 2.05) is 42.5 Å². The molecule has 218 valence electrons. The second-order valence-electron chi connectivity index (χ2n) is 11.5. The molecule has 4 aromatic rings. The largest absolute Gasteiger partial charge is 0.508 e. The molecule has 0 bridgehead atoms. The number of halogens is 1. The summed E-state index contributed by atoms with van der Waals surface area (Å²) < 4.78 is 7.92. The predicted molar refractivity (Wildman–Crippen MR) is 177 cm³/mol. The van der Waals surface area contributed by atoms with Crippen LogP contribution >= 0.6 is 15.9 Å². The minimum Gasteiger partial charge on any atom is -0.508 e. The summed E-state index contributed by atoms with van der Waals surface area (Å²) in [6.45, 7) is 6.97. The quantitative estimate of drug-likeness (QED) is 0.118. The molecule has 0 unspecified atom stereocenters. The maximum Gasteiger partial charge on any atom is 0.261 e. The number of benzene rings is 4. The summed E-state index contributed by atoms with van der Waals surface area (Å²) in [5.74, 6) is 0.0396. The normalized spacial score (nSPS) is 13.2. The van der Waals surface area contributed by atoms with Gasteiger partial charge in [-0.25, -0.2) is 0 Å². The molecule has 3 N–H and O–H groups in total. The van der Waals surface area contributed by atoms with Gasteiger partial charge in [0.25, 0.3) is 8.32 Å². The molecule has 4 rings (SSSR count). The molecule has 0 saturated carbocycles. The molecular weight excluding hydrogens is 604 g/mol. The van der Waals surface area contributed by atoms with Crippen LogP contribution in [0.25, 0.3) is 0 Å². The van der Waals surface area contributed by atoms with Crippen molar-refractivity contribution >= 4 is 34.6 Å². The maximum absolute atomic E-state index is 11.2. The minimum atomic E-state index is -2.81. The Hall–Kier alpha value is -3.22. The van der Waals surface area contributed by atoms with Gasteiger partial charge in [-0.15, -0.1) is 5.73 Å². The third-order valence-electron chi connectivity index (χ3n) is 7.50. The van der Waals surface area contributed by atoms with E-state index in [0.29, 0.717) is 12.0 Å². The van der Waals surface area contributed by atoms with Gasteiger partial charge < -0.3 is 19.7 Å². The van der Waals surface area contributed by atoms with Crippen molar-refractivity contribution in [1.29, 1.82) is 0 Å². The number of hydrogen-bond acceptors (Lipinski definition) is 4. The van der Waals surface area contributed by atoms with Crippen LogP contribution in [0.3, 0.4) is 0 Å². The van der Waals surface area contributed by atoms with E-state index in [4.69, 9.17) is 4.43 Å². The molecule has 0 spiro atoms. The van der Waals surface area contributed by atoms with Gasteiger partial charge in [0, 0.05) is 22.9 Å². The molecule has 0 aliphatic rings. The van der Waals surface area contributed by atoms with E-state index in [-0.39, 0.29) is 23.8 Å². The van der Waals surface area contributed by atoms with Crippen molar-refractivity contribution in [2.24, 2.45) is 0 Å². The van der Waals surface area contributed by atoms with Crippen LogP contribution in [0.1, 0.15) is 56.9 Å². The van der Waals surface area contributed by atoms with E-state index in [1.54, 1.807) is 24.3 Å². The first kappa shape index (κ1) is 31.7. The number of phenolic OH excluding ortho intramolecular Hbond substituents is 1. The van der Waals surface area contributed by atoms with Crippen molar-refractivity contribution in [3.8, 4) is 5.75 Å². The molecule has 0 aliphatic heterocycles. The number of aliphatic hydroxyl groups excluding tert-OH is 2. The second kappa shape index (κ2) is 14.3. The second-order valence-corrected chi connectivity index (χ2v) is 16.7. The summed E-state index contributed by atoms with van der Waals surface area (Å²) in [6, 6.07) is 35.5. The SMILES string of the molecule is CC(C)(C)[Si](OCC(=C=CC[C@@H](O)c1cc(Br)ccc1O)C[C@@H](O)c1ccccc1)(c1ccccc1)c1ccccc1. The monoisotopic (exact) mass is 642 g/mol. The fourth-order valence-electron chi connectivity index (χ4n) is 5.38. The highest BCUT2D eigenvalue weighted by Gasteiger charge is 2.50. The third kappa shape index (κ3) is 7.59. The van der Waals surface area contributed by atoms with Crippen LogP contribution in [0.4, 0.5) is 0 Å². The van der Waals surface area contributed by atoms with Gasteiger partial charge in [0.15, 0.2) is 0 Å². The molecule has 0 heterocycles. The van der Waals surface area contributed by atoms with E-state index in [1.165, 1.54) is 10.4 Å². The van der Waals surface area contributed by atoms with Gasteiger partial charge in [0.05, 0.1) is 18.8 Å². The van der Waals surface area contributed by atoms with Crippen LogP contribution in [0.5, 0.6) is 5.75 Å². The zero-order chi connectivity index (χ0) is 30.2. The molecule has 0 aliphatic carbocycles. The molecule has 2 atom stereocenters. The van der Waals surface area contributed by atoms with Gasteiger partial charge >= 0.3 is 0 Å². The standard InChI is InChI=1S/C36H39BrO4Si/c1-36(2,3)42(30-17-9-5-10-18-30,31-19-11-6-12-20-31)41-26-27(24-35(40)28-15-7-4-8-16-28)14-13-21-33(38)32-25-29(37)22-23-34(32)39/h4-13,15-20,22-23,25,33,35,38-40H,21,24,26H2,1-3H3/t14?,33-,35-/m1/s1. The van der Waals surface area contributed by atoms with E-state index in [0.717, 1.165) is 15.6 Å². The average Bonchev–Trinajstić information content (AvgIpc) is 2.99. The summed E-state index contributed by atoms with van der Waals surface area (Å²) in [5.41, 5.74) is 5.42. The highest BCUT2D eigenvalue weighted by Crippen LogP contribution is 2.37. The number of hydrogen-bond donors (Lipinski definition) is 3. The van der Waals surface area contributed by atoms with Crippen molar-refractivity contribution in [3.05, 3.63) is 142 Å². The number of aromatic hydroxyl groups is 1. The van der Waals surface area contributed by atoms with Gasteiger partial charge in [-0.05, 0) is 50.8 Å². The highest BCUT2D eigenvalue weighted by molar-refractivity contribution is 9.10. The van der Waals surface area contributed by atoms with Crippen LogP contribution < -0.4 is 10.4 Å². The zero-order valence-corrected chi connectivity index (χ0v) is 27.0. The van der Waals surface area contributed by atoms with E-state index >= 15 is 0 Å². The Morgan fingerprint density at radius 1 is 0.833 bits per heavy atom. The average molecular weight is 644 g/mol. The lowest BCUT2D eigenvalue weighted by molar-refractivity contribution is 0.172. The van der Waals surface area contributed by atoms with Gasteiger partial charge in [0.2, 0.25) is 0 Å². The molecule has 4 aromatic carbocycles. The maximum atomic E-state index is 11.2. The van der Waals surface area contributed by atoms with Crippen LogP contribution in [-0.4, -0.2) is 30.2 Å². The molecule has 4 nitrogen and oxygen atoms in total. The number of phenols is 1. The van der Waals surface area contributed by atoms with Gasteiger partial charge in [-0.2, -0.15) is 0 Å². The van der Waals surface area contributed by atoms with Crippen LogP contribution in [0, 0.1) is 0 Å². The molecule has 0 fully saturated rings. The molecule has 0 saturated heterocycles. The van der Waals surface area contributed by atoms with Gasteiger partial charge in [0.1, 0.15) is 5.75 Å². The number of aliphatic hydroxyl groups is 2. The van der Waals surface area contributed by atoms with Crippen LogP contribution in [0.2, 0.25) is 5.04 Å². The summed E-state index contributed by atoms with van der Waals surface area (Å²) >= 11 is 3.41. The van der Waals surface area contributed by atoms with Gasteiger partial charge in [-0.3, -0.25) is 0 Å². The van der Waals surface area contributed by atoms with Crippen molar-refractivity contribution in [2.75, 3.05) is 6.61 Å². The lowest BCUT2D eigenvalue weighted by atomic mass is 10.0. The van der Waals surface area contributed by atoms with Crippen molar-refractivity contribution in [1.82, 2.24) is 0 Å². The molecule has 42 heavy (non-hydrogen) atoms. The first-order chi connectivity index (χ1) is 20.1. The molecule has 0 radical (unpaired) electrons. The Labute approximate surface area is 258 Å². The Morgan fingerprint density at radius 2 is 1.38 bits per heavy atom. The Kier molecular flexibility index (Phi) is 10.8. The third-order valence-corrected chi connectivity index (χ3v) is 13.0. The molecule has 0 aromatic heterocycles. The first-order valence-electron chi connectivity index (χ1n) is 14.2. The summed E-state index contributed by atoms with van der Waals surface area (Å²) in [7, 11) is -2.81.